The number of carbonyl (C=O) groups excluding carboxylic acids is 1. The summed E-state index contributed by atoms with van der Waals surface area (Å²) in [6.07, 6.45) is 42.2. The monoisotopic (exact) mass is 838 g/mol. The van der Waals surface area contributed by atoms with Crippen molar-refractivity contribution in [1.82, 2.24) is 5.32 Å². The normalized spacial score (nSPS) is 20.8. The Hall–Kier alpha value is -1.33. The molecule has 0 spiro atoms. The zero-order valence-electron chi connectivity index (χ0n) is 38.3. The molecule has 0 bridgehead atoms. The minimum absolute atomic E-state index is 0.184. The summed E-state index contributed by atoms with van der Waals surface area (Å²) in [5.74, 6) is -0.184. The summed E-state index contributed by atoms with van der Waals surface area (Å²) < 4.78 is 11.2. The van der Waals surface area contributed by atoms with Crippen molar-refractivity contribution in [1.29, 1.82) is 0 Å². The zero-order valence-corrected chi connectivity index (χ0v) is 38.3. The smallest absolute Gasteiger partial charge is 0.220 e. The van der Waals surface area contributed by atoms with Gasteiger partial charge in [0.05, 0.1) is 25.4 Å². The van der Waals surface area contributed by atoms with Crippen molar-refractivity contribution in [2.75, 3.05) is 13.2 Å². The third-order valence-corrected chi connectivity index (χ3v) is 12.0. The molecule has 9 heteroatoms. The average molecular weight is 838 g/mol. The van der Waals surface area contributed by atoms with Crippen LogP contribution in [0.4, 0.5) is 0 Å². The Bertz CT molecular complexity index is 977. The van der Waals surface area contributed by atoms with Crippen LogP contribution >= 0.6 is 0 Å². The molecule has 0 aromatic carbocycles. The minimum atomic E-state index is -1.57. The second-order valence-corrected chi connectivity index (χ2v) is 17.6. The van der Waals surface area contributed by atoms with Gasteiger partial charge in [0.2, 0.25) is 5.91 Å². The first-order valence-corrected chi connectivity index (χ1v) is 25.1. The highest BCUT2D eigenvalue weighted by atomic mass is 16.7. The highest BCUT2D eigenvalue weighted by Gasteiger charge is 2.44. The molecule has 7 atom stereocenters. The lowest BCUT2D eigenvalue weighted by Gasteiger charge is -2.40. The maximum absolute atomic E-state index is 13.0. The summed E-state index contributed by atoms with van der Waals surface area (Å²) in [6, 6.07) is -0.806. The number of allylic oxidation sites excluding steroid dienone is 3. The molecule has 0 saturated carbocycles. The highest BCUT2D eigenvalue weighted by molar-refractivity contribution is 5.76. The number of hydrogen-bond donors (Lipinski definition) is 6. The van der Waals surface area contributed by atoms with Gasteiger partial charge >= 0.3 is 0 Å². The molecule has 0 aromatic rings. The van der Waals surface area contributed by atoms with Gasteiger partial charge in [0.15, 0.2) is 6.29 Å². The SMILES string of the molecule is CCCCCCCC/C=C\CCCCCCCC(=O)NC(COC1OC(CO)C(O)C(O)C1O)C(O)/C=C/CCCCCCCCCCCCCCCCCCCCC. The molecule has 1 fully saturated rings. The molecule has 7 unspecified atom stereocenters. The molecule has 1 aliphatic heterocycles. The lowest BCUT2D eigenvalue weighted by molar-refractivity contribution is -0.302. The van der Waals surface area contributed by atoms with Gasteiger partial charge in [0.25, 0.3) is 0 Å². The Balaban J connectivity index is 2.31. The molecular formula is C50H95NO8. The van der Waals surface area contributed by atoms with Gasteiger partial charge in [0.1, 0.15) is 24.4 Å². The molecule has 1 saturated heterocycles. The molecule has 0 aliphatic carbocycles. The second-order valence-electron chi connectivity index (χ2n) is 17.6. The van der Waals surface area contributed by atoms with Crippen molar-refractivity contribution >= 4 is 5.91 Å². The van der Waals surface area contributed by atoms with Crippen molar-refractivity contribution in [3.05, 3.63) is 24.3 Å². The maximum atomic E-state index is 13.0. The van der Waals surface area contributed by atoms with Crippen LogP contribution in [-0.2, 0) is 14.3 Å². The summed E-state index contributed by atoms with van der Waals surface area (Å²) in [5.41, 5.74) is 0. The van der Waals surface area contributed by atoms with E-state index in [1.54, 1.807) is 6.08 Å². The van der Waals surface area contributed by atoms with Crippen LogP contribution < -0.4 is 5.32 Å². The Kier molecular flexibility index (Phi) is 38.4. The number of rotatable bonds is 42. The van der Waals surface area contributed by atoms with Crippen molar-refractivity contribution < 1.29 is 39.8 Å². The van der Waals surface area contributed by atoms with Gasteiger partial charge in [-0.05, 0) is 44.9 Å². The fourth-order valence-corrected chi connectivity index (χ4v) is 7.97. The van der Waals surface area contributed by atoms with Gasteiger partial charge in [-0.15, -0.1) is 0 Å². The van der Waals surface area contributed by atoms with Crippen molar-refractivity contribution in [3.8, 4) is 0 Å². The maximum Gasteiger partial charge on any atom is 0.220 e. The number of ether oxygens (including phenoxy) is 2. The highest BCUT2D eigenvalue weighted by Crippen LogP contribution is 2.23. The van der Waals surface area contributed by atoms with Gasteiger partial charge < -0.3 is 40.3 Å². The summed E-state index contributed by atoms with van der Waals surface area (Å²) in [6.45, 7) is 3.78. The molecule has 1 rings (SSSR count). The fourth-order valence-electron chi connectivity index (χ4n) is 7.97. The zero-order chi connectivity index (χ0) is 43.0. The molecule has 0 radical (unpaired) electrons. The Labute approximate surface area is 362 Å². The molecular weight excluding hydrogens is 743 g/mol. The first-order chi connectivity index (χ1) is 28.8. The van der Waals surface area contributed by atoms with Crippen LogP contribution in [0.25, 0.3) is 0 Å². The van der Waals surface area contributed by atoms with Crippen molar-refractivity contribution in [2.24, 2.45) is 0 Å². The Morgan fingerprint density at radius 3 is 1.37 bits per heavy atom. The van der Waals surface area contributed by atoms with Crippen LogP contribution in [0.15, 0.2) is 24.3 Å². The number of nitrogens with one attached hydrogen (secondary N) is 1. The lowest BCUT2D eigenvalue weighted by atomic mass is 9.99. The fraction of sp³-hybridized carbons (Fsp3) is 0.900. The molecule has 59 heavy (non-hydrogen) atoms. The quantitative estimate of drug-likeness (QED) is 0.0263. The van der Waals surface area contributed by atoms with Crippen LogP contribution in [0, 0.1) is 0 Å². The summed E-state index contributed by atoms with van der Waals surface area (Å²) in [4.78, 5) is 13.0. The third kappa shape index (κ3) is 31.2. The predicted molar refractivity (Wildman–Crippen MR) is 244 cm³/mol. The lowest BCUT2D eigenvalue weighted by Crippen LogP contribution is -2.60. The van der Waals surface area contributed by atoms with E-state index in [4.69, 9.17) is 9.47 Å². The number of aliphatic hydroxyl groups is 5. The predicted octanol–water partition coefficient (Wildman–Crippen LogP) is 11.1. The van der Waals surface area contributed by atoms with Crippen LogP contribution in [0.1, 0.15) is 232 Å². The molecule has 0 aromatic heterocycles. The number of unbranched alkanes of at least 4 members (excludes halogenated alkanes) is 30. The van der Waals surface area contributed by atoms with Gasteiger partial charge in [-0.2, -0.15) is 0 Å². The van der Waals surface area contributed by atoms with Crippen LogP contribution in [0.5, 0.6) is 0 Å². The standard InChI is InChI=1S/C50H95NO8/c1-3-5-7-9-11-13-15-17-19-20-21-22-23-24-26-27-29-31-33-35-37-39-44(53)43(42-58-50-49(57)48(56)47(55)45(41-52)59-50)51-46(54)40-38-36-34-32-30-28-25-18-16-14-12-10-8-6-4-2/h18,25,37,39,43-45,47-50,52-53,55-57H,3-17,19-24,26-36,38,40-42H2,1-2H3,(H,51,54)/b25-18-,39-37+. The first kappa shape index (κ1) is 55.7. The van der Waals surface area contributed by atoms with Crippen molar-refractivity contribution in [2.45, 2.75) is 275 Å². The van der Waals surface area contributed by atoms with E-state index in [-0.39, 0.29) is 12.5 Å². The van der Waals surface area contributed by atoms with E-state index in [1.807, 2.05) is 6.08 Å². The van der Waals surface area contributed by atoms with Gasteiger partial charge in [0, 0.05) is 6.42 Å². The summed E-state index contributed by atoms with van der Waals surface area (Å²) >= 11 is 0. The van der Waals surface area contributed by atoms with E-state index < -0.39 is 49.5 Å². The van der Waals surface area contributed by atoms with Crippen molar-refractivity contribution in [3.63, 3.8) is 0 Å². The third-order valence-electron chi connectivity index (χ3n) is 12.0. The van der Waals surface area contributed by atoms with E-state index in [0.717, 1.165) is 57.8 Å². The number of amides is 1. The van der Waals surface area contributed by atoms with Gasteiger partial charge in [-0.1, -0.05) is 205 Å². The molecule has 1 heterocycles. The Morgan fingerprint density at radius 2 is 0.949 bits per heavy atom. The number of carbonyl (C=O) groups is 1. The van der Waals surface area contributed by atoms with Crippen LogP contribution in [0.2, 0.25) is 0 Å². The van der Waals surface area contributed by atoms with Gasteiger partial charge in [-0.3, -0.25) is 4.79 Å². The van der Waals surface area contributed by atoms with Crippen LogP contribution in [0.3, 0.4) is 0 Å². The Morgan fingerprint density at radius 1 is 0.559 bits per heavy atom. The molecule has 9 nitrogen and oxygen atoms in total. The second kappa shape index (κ2) is 40.7. The van der Waals surface area contributed by atoms with Crippen LogP contribution in [-0.4, -0.2) is 87.5 Å². The van der Waals surface area contributed by atoms with E-state index in [9.17, 15) is 30.3 Å². The topological polar surface area (TPSA) is 149 Å². The molecule has 6 N–H and O–H groups in total. The number of hydrogen-bond acceptors (Lipinski definition) is 8. The van der Waals surface area contributed by atoms with E-state index in [2.05, 4.69) is 31.3 Å². The van der Waals surface area contributed by atoms with Gasteiger partial charge in [-0.25, -0.2) is 0 Å². The molecule has 1 amide bonds. The van der Waals surface area contributed by atoms with E-state index in [1.165, 1.54) is 154 Å². The van der Waals surface area contributed by atoms with E-state index in [0.29, 0.717) is 6.42 Å². The van der Waals surface area contributed by atoms with E-state index >= 15 is 0 Å². The number of aliphatic hydroxyl groups excluding tert-OH is 5. The molecule has 348 valence electrons. The first-order valence-electron chi connectivity index (χ1n) is 25.1. The largest absolute Gasteiger partial charge is 0.394 e. The average Bonchev–Trinajstić information content (AvgIpc) is 3.23. The summed E-state index contributed by atoms with van der Waals surface area (Å²) in [5, 5.41) is 54.3. The molecule has 1 aliphatic rings. The summed E-state index contributed by atoms with van der Waals surface area (Å²) in [7, 11) is 0. The minimum Gasteiger partial charge on any atom is -0.394 e.